The van der Waals surface area contributed by atoms with Gasteiger partial charge in [0.05, 0.1) is 22.7 Å². The molecule has 0 spiro atoms. The molecule has 0 radical (unpaired) electrons. The number of anilines is 1. The third-order valence-electron chi connectivity index (χ3n) is 2.86. The van der Waals surface area contributed by atoms with Gasteiger partial charge in [-0.25, -0.2) is 8.42 Å². The molecule has 0 unspecified atom stereocenters. The fraction of sp³-hybridized carbons (Fsp3) is 0.143. The molecule has 0 saturated heterocycles. The molecule has 0 aliphatic rings. The highest BCUT2D eigenvalue weighted by Gasteiger charge is 2.17. The van der Waals surface area contributed by atoms with Crippen molar-refractivity contribution in [2.45, 2.75) is 11.8 Å². The van der Waals surface area contributed by atoms with Gasteiger partial charge in [-0.1, -0.05) is 27.5 Å². The first-order chi connectivity index (χ1) is 9.83. The maximum atomic E-state index is 12.4. The minimum atomic E-state index is -3.71. The number of hydrogen-bond acceptors (Lipinski definition) is 3. The fourth-order valence-electron chi connectivity index (χ4n) is 1.70. The molecule has 0 aliphatic carbocycles. The second-order valence-corrected chi connectivity index (χ2v) is 7.31. The van der Waals surface area contributed by atoms with Gasteiger partial charge in [0.2, 0.25) is 0 Å². The molecular formula is C14H13BrClNO3S. The van der Waals surface area contributed by atoms with Gasteiger partial charge in [-0.15, -0.1) is 0 Å². The van der Waals surface area contributed by atoms with Crippen molar-refractivity contribution in [3.05, 3.63) is 51.5 Å². The number of benzene rings is 2. The van der Waals surface area contributed by atoms with E-state index in [-0.39, 0.29) is 10.6 Å². The molecule has 1 N–H and O–H groups in total. The molecule has 0 aliphatic heterocycles. The van der Waals surface area contributed by atoms with E-state index >= 15 is 0 Å². The second kappa shape index (κ2) is 6.25. The summed E-state index contributed by atoms with van der Waals surface area (Å²) in [5, 5.41) is 0.299. The number of aryl methyl sites for hydroxylation is 1. The van der Waals surface area contributed by atoms with Crippen LogP contribution < -0.4 is 9.46 Å². The number of nitrogens with one attached hydrogen (secondary N) is 1. The number of hydrogen-bond donors (Lipinski definition) is 1. The Kier molecular flexibility index (Phi) is 4.81. The lowest BCUT2D eigenvalue weighted by Gasteiger charge is -2.11. The molecule has 2 aromatic carbocycles. The summed E-state index contributed by atoms with van der Waals surface area (Å²) < 4.78 is 33.2. The predicted octanol–water partition coefficient (Wildman–Crippen LogP) is 4.22. The maximum Gasteiger partial charge on any atom is 0.261 e. The zero-order chi connectivity index (χ0) is 15.6. The van der Waals surface area contributed by atoms with Gasteiger partial charge in [0, 0.05) is 10.5 Å². The van der Waals surface area contributed by atoms with Crippen LogP contribution in [0.15, 0.2) is 45.8 Å². The van der Waals surface area contributed by atoms with E-state index in [0.29, 0.717) is 10.8 Å². The first-order valence-electron chi connectivity index (χ1n) is 5.96. The molecule has 21 heavy (non-hydrogen) atoms. The Hall–Kier alpha value is -1.24. The van der Waals surface area contributed by atoms with Gasteiger partial charge in [-0.3, -0.25) is 4.72 Å². The summed E-state index contributed by atoms with van der Waals surface area (Å²) >= 11 is 9.35. The minimum absolute atomic E-state index is 0.169. The van der Waals surface area contributed by atoms with E-state index in [4.69, 9.17) is 16.3 Å². The summed E-state index contributed by atoms with van der Waals surface area (Å²) in [5.74, 6) is 0.518. The van der Waals surface area contributed by atoms with Crippen LogP contribution in [0.1, 0.15) is 5.56 Å². The maximum absolute atomic E-state index is 12.4. The Balaban J connectivity index is 2.39. The highest BCUT2D eigenvalue weighted by atomic mass is 79.9. The Morgan fingerprint density at radius 1 is 1.19 bits per heavy atom. The van der Waals surface area contributed by atoms with Crippen molar-refractivity contribution in [1.29, 1.82) is 0 Å². The second-order valence-electron chi connectivity index (χ2n) is 4.36. The number of ether oxygens (including phenoxy) is 1. The van der Waals surface area contributed by atoms with Crippen LogP contribution in [0, 0.1) is 6.92 Å². The molecule has 112 valence electrons. The van der Waals surface area contributed by atoms with Crippen molar-refractivity contribution in [2.24, 2.45) is 0 Å². The van der Waals surface area contributed by atoms with Gasteiger partial charge in [0.15, 0.2) is 0 Å². The smallest absolute Gasteiger partial charge is 0.261 e. The van der Waals surface area contributed by atoms with Crippen molar-refractivity contribution >= 4 is 43.2 Å². The zero-order valence-electron chi connectivity index (χ0n) is 11.4. The zero-order valence-corrected chi connectivity index (χ0v) is 14.5. The van der Waals surface area contributed by atoms with E-state index < -0.39 is 10.0 Å². The number of sulfonamides is 1. The van der Waals surface area contributed by atoms with Crippen molar-refractivity contribution in [2.75, 3.05) is 11.8 Å². The van der Waals surface area contributed by atoms with Gasteiger partial charge >= 0.3 is 0 Å². The van der Waals surface area contributed by atoms with E-state index in [2.05, 4.69) is 20.7 Å². The molecule has 7 heteroatoms. The van der Waals surface area contributed by atoms with Crippen molar-refractivity contribution in [3.63, 3.8) is 0 Å². The van der Waals surface area contributed by atoms with Gasteiger partial charge in [0.25, 0.3) is 10.0 Å². The lowest BCUT2D eigenvalue weighted by atomic mass is 10.2. The first kappa shape index (κ1) is 16.1. The van der Waals surface area contributed by atoms with E-state index in [9.17, 15) is 8.42 Å². The molecule has 0 saturated carbocycles. The summed E-state index contributed by atoms with van der Waals surface area (Å²) in [6.07, 6.45) is 0. The lowest BCUT2D eigenvalue weighted by molar-refractivity contribution is 0.415. The third kappa shape index (κ3) is 3.70. The van der Waals surface area contributed by atoms with Gasteiger partial charge < -0.3 is 4.74 Å². The molecule has 0 aromatic heterocycles. The van der Waals surface area contributed by atoms with Gasteiger partial charge in [0.1, 0.15) is 5.75 Å². The average Bonchev–Trinajstić information content (AvgIpc) is 2.44. The molecule has 0 heterocycles. The third-order valence-corrected chi connectivity index (χ3v) is 5.44. The Bertz CT molecular complexity index is 778. The first-order valence-corrected chi connectivity index (χ1v) is 8.61. The van der Waals surface area contributed by atoms with Crippen LogP contribution in [-0.2, 0) is 10.0 Å². The highest BCUT2D eigenvalue weighted by molar-refractivity contribution is 9.10. The van der Waals surface area contributed by atoms with Crippen LogP contribution in [-0.4, -0.2) is 15.5 Å². The summed E-state index contributed by atoms with van der Waals surface area (Å²) in [5.41, 5.74) is 1.10. The van der Waals surface area contributed by atoms with Gasteiger partial charge in [-0.2, -0.15) is 0 Å². The van der Waals surface area contributed by atoms with E-state index in [1.54, 1.807) is 24.3 Å². The van der Waals surface area contributed by atoms with Crippen molar-refractivity contribution in [1.82, 2.24) is 0 Å². The van der Waals surface area contributed by atoms with E-state index in [1.807, 2.05) is 6.92 Å². The quantitative estimate of drug-likeness (QED) is 0.850. The SMILES string of the molecule is COc1ccc(Cl)c(NS(=O)(=O)c2ccc(Br)c(C)c2)c1. The van der Waals surface area contributed by atoms with E-state index in [1.165, 1.54) is 19.2 Å². The molecule has 2 aromatic rings. The molecule has 0 amide bonds. The predicted molar refractivity (Wildman–Crippen MR) is 87.7 cm³/mol. The van der Waals surface area contributed by atoms with Crippen molar-refractivity contribution < 1.29 is 13.2 Å². The summed E-state index contributed by atoms with van der Waals surface area (Å²) in [6, 6.07) is 9.56. The molecular weight excluding hydrogens is 378 g/mol. The monoisotopic (exact) mass is 389 g/mol. The largest absolute Gasteiger partial charge is 0.497 e. The van der Waals surface area contributed by atoms with Crippen LogP contribution in [0.4, 0.5) is 5.69 Å². The minimum Gasteiger partial charge on any atom is -0.497 e. The molecule has 4 nitrogen and oxygen atoms in total. The molecule has 0 atom stereocenters. The van der Waals surface area contributed by atoms with Crippen LogP contribution in [0.25, 0.3) is 0 Å². The highest BCUT2D eigenvalue weighted by Crippen LogP contribution is 2.29. The number of halogens is 2. The summed E-state index contributed by atoms with van der Waals surface area (Å²) in [4.78, 5) is 0.169. The Labute approximate surface area is 137 Å². The lowest BCUT2D eigenvalue weighted by Crippen LogP contribution is -2.13. The Morgan fingerprint density at radius 3 is 2.52 bits per heavy atom. The van der Waals surface area contributed by atoms with Crippen LogP contribution in [0.3, 0.4) is 0 Å². The Morgan fingerprint density at radius 2 is 1.90 bits per heavy atom. The molecule has 0 bridgehead atoms. The van der Waals surface area contributed by atoms with Crippen LogP contribution >= 0.6 is 27.5 Å². The standard InChI is InChI=1S/C14H13BrClNO3S/c1-9-7-11(4-5-12(9)15)21(18,19)17-14-8-10(20-2)3-6-13(14)16/h3-8,17H,1-2H3. The topological polar surface area (TPSA) is 55.4 Å². The van der Waals surface area contributed by atoms with Crippen LogP contribution in [0.5, 0.6) is 5.75 Å². The normalized spacial score (nSPS) is 11.2. The molecule has 0 fully saturated rings. The number of methoxy groups -OCH3 is 1. The number of rotatable bonds is 4. The summed E-state index contributed by atoms with van der Waals surface area (Å²) in [6.45, 7) is 1.82. The van der Waals surface area contributed by atoms with Crippen LogP contribution in [0.2, 0.25) is 5.02 Å². The summed E-state index contributed by atoms with van der Waals surface area (Å²) in [7, 11) is -2.21. The van der Waals surface area contributed by atoms with Gasteiger partial charge in [-0.05, 0) is 42.8 Å². The van der Waals surface area contributed by atoms with Crippen molar-refractivity contribution in [3.8, 4) is 5.75 Å². The molecule has 2 rings (SSSR count). The average molecular weight is 391 g/mol. The van der Waals surface area contributed by atoms with E-state index in [0.717, 1.165) is 10.0 Å². The fourth-order valence-corrected chi connectivity index (χ4v) is 3.32.